The van der Waals surface area contributed by atoms with Crippen molar-refractivity contribution in [3.63, 3.8) is 0 Å². The number of carbonyl (C=O) groups is 2. The zero-order valence-corrected chi connectivity index (χ0v) is 22.9. The lowest BCUT2D eigenvalue weighted by Gasteiger charge is -2.21. The quantitative estimate of drug-likeness (QED) is 0.0969. The SMILES string of the molecule is CCCCCCCCCCNC(=O)CCCCCCCCCCCNC(=O)[C@H](O)[C@@H](O)[C@H](O)CCO. The highest BCUT2D eigenvalue weighted by Gasteiger charge is 2.29. The predicted octanol–water partition coefficient (Wildman–Crippen LogP) is 3.73. The summed E-state index contributed by atoms with van der Waals surface area (Å²) in [5, 5.41) is 43.3. The number of aliphatic hydroxyl groups excluding tert-OH is 4. The maximum absolute atomic E-state index is 11.9. The molecule has 0 aromatic rings. The smallest absolute Gasteiger partial charge is 0.251 e. The highest BCUT2D eigenvalue weighted by Crippen LogP contribution is 2.11. The predicted molar refractivity (Wildman–Crippen MR) is 145 cm³/mol. The summed E-state index contributed by atoms with van der Waals surface area (Å²) < 4.78 is 0. The van der Waals surface area contributed by atoms with Crippen LogP contribution in [0.15, 0.2) is 0 Å². The topological polar surface area (TPSA) is 139 Å². The van der Waals surface area contributed by atoms with Gasteiger partial charge in [0.25, 0.3) is 5.91 Å². The van der Waals surface area contributed by atoms with Crippen LogP contribution in [0.4, 0.5) is 0 Å². The van der Waals surface area contributed by atoms with Crippen LogP contribution in [-0.4, -0.2) is 70.2 Å². The maximum atomic E-state index is 11.9. The van der Waals surface area contributed by atoms with Crippen LogP contribution in [0.3, 0.4) is 0 Å². The Labute approximate surface area is 219 Å². The third-order valence-electron chi connectivity index (χ3n) is 6.64. The molecule has 0 bridgehead atoms. The second-order valence-corrected chi connectivity index (χ2v) is 10.1. The summed E-state index contributed by atoms with van der Waals surface area (Å²) in [4.78, 5) is 23.7. The van der Waals surface area contributed by atoms with E-state index in [1.165, 1.54) is 57.8 Å². The standard InChI is InChI=1S/C28H56N2O6/c1-2-3-4-5-6-11-14-17-21-29-25(33)19-16-13-10-8-7-9-12-15-18-22-30-28(36)27(35)26(34)24(32)20-23-31/h24,26-27,31-32,34-35H,2-23H2,1H3,(H,29,33)(H,30,36)/t24-,26+,27-/m1/s1. The summed E-state index contributed by atoms with van der Waals surface area (Å²) in [6.45, 7) is 3.14. The Morgan fingerprint density at radius 1 is 0.639 bits per heavy atom. The van der Waals surface area contributed by atoms with E-state index in [1.807, 2.05) is 0 Å². The van der Waals surface area contributed by atoms with Crippen LogP contribution < -0.4 is 10.6 Å². The Morgan fingerprint density at radius 3 is 1.58 bits per heavy atom. The number of rotatable bonds is 26. The average molecular weight is 517 g/mol. The van der Waals surface area contributed by atoms with E-state index < -0.39 is 24.2 Å². The third-order valence-corrected chi connectivity index (χ3v) is 6.64. The number of hydrogen-bond donors (Lipinski definition) is 6. The third kappa shape index (κ3) is 20.9. The van der Waals surface area contributed by atoms with E-state index in [0.717, 1.165) is 57.9 Å². The molecule has 0 radical (unpaired) electrons. The Bertz CT molecular complexity index is 520. The molecule has 0 aliphatic heterocycles. The van der Waals surface area contributed by atoms with Gasteiger partial charge >= 0.3 is 0 Å². The largest absolute Gasteiger partial charge is 0.396 e. The number of unbranched alkanes of at least 4 members (excludes halogenated alkanes) is 15. The summed E-state index contributed by atoms with van der Waals surface area (Å²) in [5.41, 5.74) is 0. The minimum atomic E-state index is -1.70. The van der Waals surface area contributed by atoms with E-state index in [1.54, 1.807) is 0 Å². The number of amides is 2. The van der Waals surface area contributed by atoms with Gasteiger partial charge in [-0.15, -0.1) is 0 Å². The number of carbonyl (C=O) groups excluding carboxylic acids is 2. The molecule has 36 heavy (non-hydrogen) atoms. The van der Waals surface area contributed by atoms with E-state index >= 15 is 0 Å². The molecule has 0 spiro atoms. The molecule has 0 heterocycles. The molecule has 0 fully saturated rings. The van der Waals surface area contributed by atoms with Gasteiger partial charge in [0.05, 0.1) is 6.10 Å². The lowest BCUT2D eigenvalue weighted by Crippen LogP contribution is -2.47. The molecule has 214 valence electrons. The Hall–Kier alpha value is -1.22. The van der Waals surface area contributed by atoms with Gasteiger partial charge in [-0.2, -0.15) is 0 Å². The normalized spacial score (nSPS) is 13.8. The van der Waals surface area contributed by atoms with Crippen LogP contribution in [0.1, 0.15) is 129 Å². The van der Waals surface area contributed by atoms with Crippen LogP contribution in [-0.2, 0) is 9.59 Å². The minimum absolute atomic E-state index is 0.0970. The van der Waals surface area contributed by atoms with Crippen molar-refractivity contribution in [3.8, 4) is 0 Å². The van der Waals surface area contributed by atoms with Gasteiger partial charge in [-0.1, -0.05) is 96.8 Å². The van der Waals surface area contributed by atoms with Gasteiger partial charge in [-0.25, -0.2) is 0 Å². The van der Waals surface area contributed by atoms with E-state index in [-0.39, 0.29) is 18.9 Å². The van der Waals surface area contributed by atoms with Gasteiger partial charge in [-0.3, -0.25) is 9.59 Å². The van der Waals surface area contributed by atoms with Crippen LogP contribution in [0.25, 0.3) is 0 Å². The van der Waals surface area contributed by atoms with Crippen molar-refractivity contribution in [2.45, 2.75) is 147 Å². The Balaban J connectivity index is 3.41. The molecular weight excluding hydrogens is 460 g/mol. The van der Waals surface area contributed by atoms with Crippen molar-refractivity contribution in [1.29, 1.82) is 0 Å². The lowest BCUT2D eigenvalue weighted by molar-refractivity contribution is -0.141. The molecule has 8 nitrogen and oxygen atoms in total. The fraction of sp³-hybridized carbons (Fsp3) is 0.929. The summed E-state index contributed by atoms with van der Waals surface area (Å²) >= 11 is 0. The second kappa shape index (κ2) is 25.4. The van der Waals surface area contributed by atoms with Crippen molar-refractivity contribution in [3.05, 3.63) is 0 Å². The first-order valence-corrected chi connectivity index (χ1v) is 14.6. The lowest BCUT2D eigenvalue weighted by atomic mass is 10.0. The molecule has 0 saturated heterocycles. The fourth-order valence-corrected chi connectivity index (χ4v) is 4.21. The van der Waals surface area contributed by atoms with Gasteiger partial charge < -0.3 is 31.1 Å². The van der Waals surface area contributed by atoms with Crippen LogP contribution in [0, 0.1) is 0 Å². The number of hydrogen-bond acceptors (Lipinski definition) is 6. The first-order chi connectivity index (χ1) is 17.4. The monoisotopic (exact) mass is 516 g/mol. The molecule has 3 atom stereocenters. The molecule has 0 rings (SSSR count). The summed E-state index contributed by atoms with van der Waals surface area (Å²) in [7, 11) is 0. The van der Waals surface area contributed by atoms with E-state index in [4.69, 9.17) is 5.11 Å². The van der Waals surface area contributed by atoms with Gasteiger partial charge in [-0.05, 0) is 25.7 Å². The summed E-state index contributed by atoms with van der Waals surface area (Å²) in [5.74, 6) is -0.519. The highest BCUT2D eigenvalue weighted by molar-refractivity contribution is 5.81. The molecule has 0 aromatic heterocycles. The Kier molecular flexibility index (Phi) is 24.6. The molecular formula is C28H56N2O6. The van der Waals surface area contributed by atoms with Crippen LogP contribution in [0.5, 0.6) is 0 Å². The van der Waals surface area contributed by atoms with Crippen molar-refractivity contribution < 1.29 is 30.0 Å². The highest BCUT2D eigenvalue weighted by atomic mass is 16.4. The Morgan fingerprint density at radius 2 is 1.08 bits per heavy atom. The molecule has 6 N–H and O–H groups in total. The zero-order chi connectivity index (χ0) is 26.9. The van der Waals surface area contributed by atoms with Crippen molar-refractivity contribution in [2.24, 2.45) is 0 Å². The van der Waals surface area contributed by atoms with Gasteiger partial charge in [0, 0.05) is 26.1 Å². The number of nitrogens with one attached hydrogen (secondary N) is 2. The van der Waals surface area contributed by atoms with Crippen molar-refractivity contribution in [2.75, 3.05) is 19.7 Å². The van der Waals surface area contributed by atoms with Gasteiger partial charge in [0.2, 0.25) is 5.91 Å². The molecule has 0 aliphatic rings. The van der Waals surface area contributed by atoms with E-state index in [0.29, 0.717) is 13.0 Å². The number of aliphatic hydroxyl groups is 4. The maximum Gasteiger partial charge on any atom is 0.251 e. The van der Waals surface area contributed by atoms with Crippen molar-refractivity contribution >= 4 is 11.8 Å². The van der Waals surface area contributed by atoms with E-state index in [2.05, 4.69) is 17.6 Å². The van der Waals surface area contributed by atoms with Gasteiger partial charge in [0.1, 0.15) is 6.10 Å². The molecule has 2 amide bonds. The van der Waals surface area contributed by atoms with E-state index in [9.17, 15) is 24.9 Å². The molecule has 0 aliphatic carbocycles. The van der Waals surface area contributed by atoms with Crippen molar-refractivity contribution in [1.82, 2.24) is 10.6 Å². The zero-order valence-electron chi connectivity index (χ0n) is 22.9. The first-order valence-electron chi connectivity index (χ1n) is 14.6. The molecule has 0 saturated carbocycles. The van der Waals surface area contributed by atoms with Gasteiger partial charge in [0.15, 0.2) is 6.10 Å². The average Bonchev–Trinajstić information content (AvgIpc) is 2.87. The summed E-state index contributed by atoms with van der Waals surface area (Å²) in [6.07, 6.45) is 15.7. The molecule has 0 unspecified atom stereocenters. The van der Waals surface area contributed by atoms with Crippen LogP contribution in [0.2, 0.25) is 0 Å². The fourth-order valence-electron chi connectivity index (χ4n) is 4.21. The summed E-state index contributed by atoms with van der Waals surface area (Å²) in [6, 6.07) is 0. The second-order valence-electron chi connectivity index (χ2n) is 10.1. The minimum Gasteiger partial charge on any atom is -0.396 e. The molecule has 8 heteroatoms. The first kappa shape index (κ1) is 34.8. The molecule has 0 aromatic carbocycles. The van der Waals surface area contributed by atoms with Crippen LogP contribution >= 0.6 is 0 Å².